The Kier molecular flexibility index (Phi) is 13.2. The van der Waals surface area contributed by atoms with E-state index in [-0.39, 0.29) is 0 Å². The first-order valence-corrected chi connectivity index (χ1v) is 14.8. The number of carbonyl (C=O) groups is 3. The molecule has 0 saturated carbocycles. The van der Waals surface area contributed by atoms with Crippen molar-refractivity contribution in [3.05, 3.63) is 33.1 Å². The fraction of sp³-hybridized carbons (Fsp3) is 0.708. The van der Waals surface area contributed by atoms with Crippen LogP contribution in [-0.2, 0) is 51.4 Å². The maximum atomic E-state index is 15.0. The zero-order chi connectivity index (χ0) is 34.2. The third kappa shape index (κ3) is 10.3. The second kappa shape index (κ2) is 15.7. The van der Waals surface area contributed by atoms with Crippen LogP contribution in [0, 0.1) is 0 Å². The monoisotopic (exact) mass is 674 g/mol. The quantitative estimate of drug-likeness (QED) is 0.0976. The molecular weight excluding hydrogens is 636 g/mol. The molecule has 1 aliphatic heterocycles. The number of halogens is 1. The number of phosphoric acid groups is 1. The van der Waals surface area contributed by atoms with Gasteiger partial charge in [-0.3, -0.25) is 18.9 Å². The number of esters is 1. The Morgan fingerprint density at radius 3 is 2.04 bits per heavy atom. The minimum absolute atomic E-state index is 0.586. The second-order valence-corrected chi connectivity index (χ2v) is 12.1. The highest BCUT2D eigenvalue weighted by Gasteiger charge is 2.65. The van der Waals surface area contributed by atoms with Gasteiger partial charge in [-0.15, -0.1) is 0 Å². The van der Waals surface area contributed by atoms with Crippen LogP contribution in [0.3, 0.4) is 0 Å². The number of aliphatic hydroxyl groups is 1. The van der Waals surface area contributed by atoms with Crippen LogP contribution in [0.4, 0.5) is 14.0 Å². The number of aromatic amines is 1. The summed E-state index contributed by atoms with van der Waals surface area (Å²) in [7, 11) is -5.00. The molecule has 1 fully saturated rings. The van der Waals surface area contributed by atoms with Crippen LogP contribution in [0.5, 0.6) is 0 Å². The Morgan fingerprint density at radius 1 is 1.07 bits per heavy atom. The highest BCUT2D eigenvalue weighted by molar-refractivity contribution is 7.48. The van der Waals surface area contributed by atoms with Crippen molar-refractivity contribution in [2.45, 2.75) is 83.3 Å². The summed E-state index contributed by atoms with van der Waals surface area (Å²) in [6, 6.07) is -0.117. The molecule has 5 atom stereocenters. The van der Waals surface area contributed by atoms with Gasteiger partial charge in [0.2, 0.25) is 13.6 Å². The fourth-order valence-corrected chi connectivity index (χ4v) is 4.72. The molecule has 256 valence electrons. The van der Waals surface area contributed by atoms with Crippen LogP contribution < -0.4 is 17.0 Å². The number of quaternary nitrogens is 1. The summed E-state index contributed by atoms with van der Waals surface area (Å²) < 4.78 is 74.2. The maximum absolute atomic E-state index is 15.0. The molecule has 1 aromatic heterocycles. The highest BCUT2D eigenvalue weighted by atomic mass is 31.2. The molecule has 5 N–H and O–H groups in total. The molecule has 45 heavy (non-hydrogen) atoms. The number of nitrogens with zero attached hydrogens (tertiary/aromatic N) is 1. The Morgan fingerprint density at radius 2 is 1.60 bits per heavy atom. The summed E-state index contributed by atoms with van der Waals surface area (Å²) in [6.07, 6.45) is -6.48. The van der Waals surface area contributed by atoms with E-state index in [1.165, 1.54) is 34.6 Å². The van der Waals surface area contributed by atoms with E-state index in [1.807, 2.05) is 4.98 Å². The first-order valence-electron chi connectivity index (χ1n) is 13.4. The van der Waals surface area contributed by atoms with Crippen LogP contribution in [0.15, 0.2) is 21.9 Å². The Hall–Kier alpha value is -3.39. The summed E-state index contributed by atoms with van der Waals surface area (Å²) in [5.41, 5.74) is -3.28. The molecule has 0 amide bonds. The number of nitrogens with one attached hydrogen (secondary N) is 1. The van der Waals surface area contributed by atoms with Crippen molar-refractivity contribution in [1.82, 2.24) is 9.55 Å². The minimum Gasteiger partial charge on any atom is -0.451 e. The topological polar surface area (TPSA) is 254 Å². The molecular formula is C24H38FN3O16P+. The third-order valence-corrected chi connectivity index (χ3v) is 7.02. The van der Waals surface area contributed by atoms with Crippen LogP contribution in [0.25, 0.3) is 0 Å². The standard InChI is InChI=1S/C24H37FN3O16P/c1-13(2)41-21(32)36-11-39-45(35,40-12-37-22(33)42-14(3)4)38-10-24(9-25)18(43-17(30)15(5)26)23(6,34)19(44-24)28-8-7-16(29)27-20(28)31/h7-8,13-15,18-19,34H,9-12,26H2,1-6H3,(H,27,29,31)/p+1/t15-,18-,19+,23+,24+/m0/s1. The Bertz CT molecular complexity index is 1320. The van der Waals surface area contributed by atoms with Gasteiger partial charge in [-0.05, 0) is 41.5 Å². The second-order valence-electron chi connectivity index (χ2n) is 10.5. The molecule has 0 aliphatic carbocycles. The predicted molar refractivity (Wildman–Crippen MR) is 144 cm³/mol. The lowest BCUT2D eigenvalue weighted by Crippen LogP contribution is -2.65. The van der Waals surface area contributed by atoms with Gasteiger partial charge < -0.3 is 39.3 Å². The summed E-state index contributed by atoms with van der Waals surface area (Å²) in [5, 5.41) is 11.5. The largest absolute Gasteiger partial charge is 0.510 e. The fourth-order valence-electron chi connectivity index (χ4n) is 3.76. The van der Waals surface area contributed by atoms with E-state index in [1.54, 1.807) is 0 Å². The van der Waals surface area contributed by atoms with E-state index in [9.17, 15) is 38.0 Å². The van der Waals surface area contributed by atoms with Crippen LogP contribution >= 0.6 is 7.82 Å². The molecule has 0 spiro atoms. The van der Waals surface area contributed by atoms with Gasteiger partial charge in [-0.2, -0.15) is 0 Å². The summed E-state index contributed by atoms with van der Waals surface area (Å²) >= 11 is 0. The normalized spacial score (nSPS) is 23.9. The van der Waals surface area contributed by atoms with Crippen molar-refractivity contribution < 1.29 is 76.2 Å². The predicted octanol–water partition coefficient (Wildman–Crippen LogP) is 0.263. The van der Waals surface area contributed by atoms with Crippen molar-refractivity contribution in [3.8, 4) is 0 Å². The van der Waals surface area contributed by atoms with Crippen molar-refractivity contribution in [2.24, 2.45) is 0 Å². The van der Waals surface area contributed by atoms with Gasteiger partial charge in [-0.25, -0.2) is 37.2 Å². The summed E-state index contributed by atoms with van der Waals surface area (Å²) in [5.74, 6) is -1.03. The lowest BCUT2D eigenvalue weighted by Gasteiger charge is -2.34. The van der Waals surface area contributed by atoms with Gasteiger partial charge in [0, 0.05) is 12.3 Å². The number of alkyl halides is 1. The first-order chi connectivity index (χ1) is 20.9. The maximum Gasteiger partial charge on any atom is 0.510 e. The van der Waals surface area contributed by atoms with Crippen LogP contribution in [-0.4, -0.2) is 95.4 Å². The number of ether oxygens (including phenoxy) is 6. The number of hydrogen-bond donors (Lipinski definition) is 3. The number of phosphoric ester groups is 1. The Balaban J connectivity index is 2.42. The van der Waals surface area contributed by atoms with E-state index >= 15 is 0 Å². The number of rotatable bonds is 15. The molecule has 2 heterocycles. The van der Waals surface area contributed by atoms with Crippen molar-refractivity contribution in [1.29, 1.82) is 0 Å². The van der Waals surface area contributed by atoms with Gasteiger partial charge in [0.25, 0.3) is 5.56 Å². The molecule has 0 aromatic carbocycles. The molecule has 21 heteroatoms. The molecule has 0 unspecified atom stereocenters. The minimum atomic E-state index is -5.00. The van der Waals surface area contributed by atoms with E-state index in [0.717, 1.165) is 19.2 Å². The van der Waals surface area contributed by atoms with Gasteiger partial charge >= 0.3 is 31.8 Å². The molecule has 19 nitrogen and oxygen atoms in total. The molecule has 1 saturated heterocycles. The number of H-pyrrole nitrogens is 1. The highest BCUT2D eigenvalue weighted by Crippen LogP contribution is 2.53. The molecule has 0 radical (unpaired) electrons. The summed E-state index contributed by atoms with van der Waals surface area (Å²) in [4.78, 5) is 62.1. The van der Waals surface area contributed by atoms with E-state index in [0.29, 0.717) is 4.57 Å². The van der Waals surface area contributed by atoms with Crippen LogP contribution in [0.2, 0.25) is 0 Å². The first kappa shape index (κ1) is 37.8. The Labute approximate surface area is 255 Å². The number of carbonyl (C=O) groups excluding carboxylic acids is 3. The van der Waals surface area contributed by atoms with Gasteiger partial charge in [0.1, 0.15) is 12.3 Å². The smallest absolute Gasteiger partial charge is 0.451 e. The van der Waals surface area contributed by atoms with E-state index in [4.69, 9.17) is 32.5 Å². The lowest BCUT2D eigenvalue weighted by molar-refractivity contribution is -0.404. The molecule has 1 aliphatic rings. The van der Waals surface area contributed by atoms with Gasteiger partial charge in [0.05, 0.1) is 18.8 Å². The lowest BCUT2D eigenvalue weighted by atomic mass is 9.88. The average Bonchev–Trinajstić information content (AvgIpc) is 3.13. The molecule has 0 bridgehead atoms. The van der Waals surface area contributed by atoms with Gasteiger partial charge in [0.15, 0.2) is 24.0 Å². The zero-order valence-electron chi connectivity index (χ0n) is 25.4. The summed E-state index contributed by atoms with van der Waals surface area (Å²) in [6.45, 7) is 3.49. The van der Waals surface area contributed by atoms with Gasteiger partial charge in [-0.1, -0.05) is 0 Å². The number of hydrogen-bond acceptors (Lipinski definition) is 16. The van der Waals surface area contributed by atoms with E-state index < -0.39 is 106 Å². The molecule has 1 aromatic rings. The SMILES string of the molecule is CC(C)OC(=O)OCOP(=O)(OCOC(=O)OC(C)C)OC[C@@]1(CF)O[C@@H](n2ccc(=O)[nH]c2=O)[C@](C)(O)[C@@H]1OC(=O)[C@H](C)[NH3+]. The third-order valence-electron chi connectivity index (χ3n) is 5.73. The zero-order valence-corrected chi connectivity index (χ0v) is 26.3. The van der Waals surface area contributed by atoms with Crippen molar-refractivity contribution >= 4 is 26.1 Å². The van der Waals surface area contributed by atoms with Crippen molar-refractivity contribution in [3.63, 3.8) is 0 Å². The molecule has 2 rings (SSSR count). The van der Waals surface area contributed by atoms with E-state index in [2.05, 4.69) is 15.2 Å². The average molecular weight is 675 g/mol. The van der Waals surface area contributed by atoms with Crippen LogP contribution in [0.1, 0.15) is 47.8 Å². The number of aromatic nitrogens is 2. The van der Waals surface area contributed by atoms with Crippen molar-refractivity contribution in [2.75, 3.05) is 26.9 Å².